The van der Waals surface area contributed by atoms with Crippen molar-refractivity contribution in [1.29, 1.82) is 5.26 Å². The van der Waals surface area contributed by atoms with Gasteiger partial charge in [0, 0.05) is 11.6 Å². The average Bonchev–Trinajstić information content (AvgIpc) is 2.55. The maximum Gasteiger partial charge on any atom is 0.257 e. The fourth-order valence-electron chi connectivity index (χ4n) is 1.88. The molecule has 0 unspecified atom stereocenters. The Morgan fingerprint density at radius 2 is 1.91 bits per heavy atom. The highest BCUT2D eigenvalue weighted by atomic mass is 35.5. The van der Waals surface area contributed by atoms with E-state index in [-0.39, 0.29) is 12.5 Å². The normalized spacial score (nSPS) is 9.96. The number of rotatable bonds is 6. The summed E-state index contributed by atoms with van der Waals surface area (Å²) < 4.78 is 5.35. The number of benzene rings is 2. The van der Waals surface area contributed by atoms with Crippen LogP contribution in [0.4, 0.5) is 0 Å². The predicted octanol–water partition coefficient (Wildman–Crippen LogP) is 3.60. The molecule has 2 aromatic carbocycles. The second-order valence-electron chi connectivity index (χ2n) is 4.77. The fourth-order valence-corrected chi connectivity index (χ4v) is 2.24. The summed E-state index contributed by atoms with van der Waals surface area (Å²) in [6, 6.07) is 14.1. The second-order valence-corrected chi connectivity index (χ2v) is 5.62. The Morgan fingerprint density at radius 1 is 1.17 bits per heavy atom. The monoisotopic (exact) mass is 348 g/mol. The third-order valence-electron chi connectivity index (χ3n) is 3.07. The lowest BCUT2D eigenvalue weighted by atomic mass is 10.1. The van der Waals surface area contributed by atoms with Crippen molar-refractivity contribution in [1.82, 2.24) is 5.32 Å². The number of nitrogens with one attached hydrogen (secondary N) is 1. The van der Waals surface area contributed by atoms with E-state index in [0.29, 0.717) is 34.3 Å². The summed E-state index contributed by atoms with van der Waals surface area (Å²) in [5.74, 6) is 0.137. The third kappa shape index (κ3) is 5.48. The quantitative estimate of drug-likeness (QED) is 0.867. The van der Waals surface area contributed by atoms with Crippen molar-refractivity contribution in [2.45, 2.75) is 6.42 Å². The predicted molar refractivity (Wildman–Crippen MR) is 89.8 cm³/mol. The van der Waals surface area contributed by atoms with E-state index in [9.17, 15) is 4.79 Å². The van der Waals surface area contributed by atoms with Gasteiger partial charge in [0.05, 0.1) is 16.7 Å². The van der Waals surface area contributed by atoms with Crippen LogP contribution in [0.25, 0.3) is 0 Å². The molecule has 2 rings (SSSR count). The zero-order valence-electron chi connectivity index (χ0n) is 12.2. The van der Waals surface area contributed by atoms with Gasteiger partial charge in [-0.3, -0.25) is 4.79 Å². The molecule has 6 heteroatoms. The minimum Gasteiger partial charge on any atom is -0.482 e. The molecule has 0 aromatic heterocycles. The van der Waals surface area contributed by atoms with Crippen LogP contribution in [0.5, 0.6) is 5.75 Å². The molecule has 0 heterocycles. The first-order valence-electron chi connectivity index (χ1n) is 6.92. The van der Waals surface area contributed by atoms with Crippen LogP contribution in [0.1, 0.15) is 11.1 Å². The first-order chi connectivity index (χ1) is 11.1. The second kappa shape index (κ2) is 8.42. The van der Waals surface area contributed by atoms with Crippen LogP contribution in [-0.4, -0.2) is 19.1 Å². The molecule has 0 saturated heterocycles. The van der Waals surface area contributed by atoms with Crippen LogP contribution in [0, 0.1) is 11.3 Å². The van der Waals surface area contributed by atoms with E-state index < -0.39 is 0 Å². The van der Waals surface area contributed by atoms with Gasteiger partial charge in [-0.15, -0.1) is 0 Å². The van der Waals surface area contributed by atoms with Crippen LogP contribution in [0.2, 0.25) is 10.0 Å². The number of nitrogens with zero attached hydrogens (tertiary/aromatic N) is 1. The lowest BCUT2D eigenvalue weighted by Gasteiger charge is -2.09. The number of nitriles is 1. The molecule has 1 N–H and O–H groups in total. The summed E-state index contributed by atoms with van der Waals surface area (Å²) in [6.07, 6.45) is 0.709. The standard InChI is InChI=1S/C17H14Cl2N2O2/c18-14-4-1-12(2-5-14)7-8-21-17(22)11-23-16-6-3-13(10-20)9-15(16)19/h1-6,9H,7-8,11H2,(H,21,22). The smallest absolute Gasteiger partial charge is 0.257 e. The minimum absolute atomic E-state index is 0.133. The van der Waals surface area contributed by atoms with Gasteiger partial charge in [0.1, 0.15) is 5.75 Å². The molecule has 0 aliphatic carbocycles. The SMILES string of the molecule is N#Cc1ccc(OCC(=O)NCCc2ccc(Cl)cc2)c(Cl)c1. The van der Waals surface area contributed by atoms with Gasteiger partial charge in [0.25, 0.3) is 5.91 Å². The van der Waals surface area contributed by atoms with E-state index in [2.05, 4.69) is 5.32 Å². The highest BCUT2D eigenvalue weighted by molar-refractivity contribution is 6.32. The molecule has 1 amide bonds. The Hall–Kier alpha value is -2.22. The Kier molecular flexibility index (Phi) is 6.28. The van der Waals surface area contributed by atoms with E-state index in [0.717, 1.165) is 5.56 Å². The molecule has 0 spiro atoms. The van der Waals surface area contributed by atoms with Gasteiger partial charge in [-0.05, 0) is 42.3 Å². The number of hydrogen-bond donors (Lipinski definition) is 1. The molecule has 0 saturated carbocycles. The molecule has 0 aliphatic heterocycles. The molecule has 0 fully saturated rings. The molecule has 0 bridgehead atoms. The molecule has 0 atom stereocenters. The molecule has 4 nitrogen and oxygen atoms in total. The lowest BCUT2D eigenvalue weighted by molar-refractivity contribution is -0.123. The molecule has 118 valence electrons. The van der Waals surface area contributed by atoms with Crippen LogP contribution in [-0.2, 0) is 11.2 Å². The van der Waals surface area contributed by atoms with E-state index in [4.69, 9.17) is 33.2 Å². The van der Waals surface area contributed by atoms with Gasteiger partial charge in [0.15, 0.2) is 6.61 Å². The van der Waals surface area contributed by atoms with Gasteiger partial charge in [-0.1, -0.05) is 35.3 Å². The van der Waals surface area contributed by atoms with Crippen LogP contribution >= 0.6 is 23.2 Å². The number of carbonyl (C=O) groups excluding carboxylic acids is 1. The van der Waals surface area contributed by atoms with E-state index in [1.807, 2.05) is 30.3 Å². The largest absolute Gasteiger partial charge is 0.482 e. The summed E-state index contributed by atoms with van der Waals surface area (Å²) in [7, 11) is 0. The highest BCUT2D eigenvalue weighted by Gasteiger charge is 2.06. The van der Waals surface area contributed by atoms with Crippen molar-refractivity contribution < 1.29 is 9.53 Å². The van der Waals surface area contributed by atoms with Crippen molar-refractivity contribution in [3.63, 3.8) is 0 Å². The van der Waals surface area contributed by atoms with Gasteiger partial charge in [-0.2, -0.15) is 5.26 Å². The molecular weight excluding hydrogens is 335 g/mol. The Bertz CT molecular complexity index is 724. The lowest BCUT2D eigenvalue weighted by Crippen LogP contribution is -2.30. The summed E-state index contributed by atoms with van der Waals surface area (Å²) in [5, 5.41) is 12.5. The van der Waals surface area contributed by atoms with Crippen LogP contribution in [0.3, 0.4) is 0 Å². The Labute approximate surface area is 144 Å². The van der Waals surface area contributed by atoms with Gasteiger partial charge in [-0.25, -0.2) is 0 Å². The van der Waals surface area contributed by atoms with Crippen LogP contribution in [0.15, 0.2) is 42.5 Å². The van der Waals surface area contributed by atoms with Gasteiger partial charge in [0.2, 0.25) is 0 Å². The van der Waals surface area contributed by atoms with Crippen molar-refractivity contribution in [3.05, 3.63) is 63.6 Å². The molecule has 0 radical (unpaired) electrons. The Balaban J connectivity index is 1.75. The fraction of sp³-hybridized carbons (Fsp3) is 0.176. The average molecular weight is 349 g/mol. The Morgan fingerprint density at radius 3 is 2.57 bits per heavy atom. The highest BCUT2D eigenvalue weighted by Crippen LogP contribution is 2.25. The maximum atomic E-state index is 11.7. The number of ether oxygens (including phenoxy) is 1. The van der Waals surface area contributed by atoms with E-state index in [1.54, 1.807) is 12.1 Å². The van der Waals surface area contributed by atoms with Crippen molar-refractivity contribution >= 4 is 29.1 Å². The van der Waals surface area contributed by atoms with Gasteiger partial charge >= 0.3 is 0 Å². The number of halogens is 2. The summed E-state index contributed by atoms with van der Waals surface area (Å²) in [5.41, 5.74) is 1.53. The van der Waals surface area contributed by atoms with Crippen LogP contribution < -0.4 is 10.1 Å². The maximum absolute atomic E-state index is 11.7. The first-order valence-corrected chi connectivity index (χ1v) is 7.67. The summed E-state index contributed by atoms with van der Waals surface area (Å²) >= 11 is 11.8. The van der Waals surface area contributed by atoms with Crippen molar-refractivity contribution in [3.8, 4) is 11.8 Å². The summed E-state index contributed by atoms with van der Waals surface area (Å²) in [4.78, 5) is 11.7. The van der Waals surface area contributed by atoms with Gasteiger partial charge < -0.3 is 10.1 Å². The first kappa shape index (κ1) is 17.1. The number of carbonyl (C=O) groups is 1. The van der Waals surface area contributed by atoms with E-state index >= 15 is 0 Å². The number of hydrogen-bond acceptors (Lipinski definition) is 3. The van der Waals surface area contributed by atoms with Crippen molar-refractivity contribution in [2.75, 3.05) is 13.2 Å². The molecule has 0 aliphatic rings. The summed E-state index contributed by atoms with van der Waals surface area (Å²) in [6.45, 7) is 0.372. The minimum atomic E-state index is -0.237. The van der Waals surface area contributed by atoms with Crippen molar-refractivity contribution in [2.24, 2.45) is 0 Å². The molecular formula is C17H14Cl2N2O2. The molecule has 23 heavy (non-hydrogen) atoms. The topological polar surface area (TPSA) is 62.1 Å². The zero-order chi connectivity index (χ0) is 16.7. The zero-order valence-corrected chi connectivity index (χ0v) is 13.7. The third-order valence-corrected chi connectivity index (χ3v) is 3.62. The molecule has 2 aromatic rings. The number of amides is 1. The van der Waals surface area contributed by atoms with E-state index in [1.165, 1.54) is 6.07 Å².